The Balaban J connectivity index is 1.79. The molecular weight excluding hydrogens is 542 g/mol. The molecule has 1 fully saturated rings. The monoisotopic (exact) mass is 583 g/mol. The first-order valence-electron chi connectivity index (χ1n) is 14.1. The molecule has 0 spiro atoms. The zero-order valence-electron chi connectivity index (χ0n) is 24.3. The molecule has 2 aromatic carbocycles. The lowest BCUT2D eigenvalue weighted by Gasteiger charge is -2.32. The third-order valence-corrected chi connectivity index (χ3v) is 7.44. The van der Waals surface area contributed by atoms with Crippen LogP contribution in [0.15, 0.2) is 66.7 Å². The van der Waals surface area contributed by atoms with E-state index in [1.54, 1.807) is 18.7 Å². The van der Waals surface area contributed by atoms with E-state index in [4.69, 9.17) is 26.8 Å². The Morgan fingerprint density at radius 2 is 1.85 bits per heavy atom. The molecule has 5 atom stereocenters. The zero-order chi connectivity index (χ0) is 30.0. The summed E-state index contributed by atoms with van der Waals surface area (Å²) in [6.07, 6.45) is 5.64. The van der Waals surface area contributed by atoms with Crippen molar-refractivity contribution in [3.8, 4) is 0 Å². The van der Waals surface area contributed by atoms with E-state index in [0.717, 1.165) is 24.0 Å². The highest BCUT2D eigenvalue weighted by molar-refractivity contribution is 6.30. The van der Waals surface area contributed by atoms with Crippen molar-refractivity contribution in [1.29, 1.82) is 0 Å². The fraction of sp³-hybridized carbons (Fsp3) is 0.469. The maximum atomic E-state index is 13.9. The number of esters is 1. The summed E-state index contributed by atoms with van der Waals surface area (Å²) >= 11 is 6.21. The van der Waals surface area contributed by atoms with Crippen LogP contribution in [0.3, 0.4) is 0 Å². The lowest BCUT2D eigenvalue weighted by atomic mass is 9.83. The van der Waals surface area contributed by atoms with Gasteiger partial charge in [0.15, 0.2) is 0 Å². The molecule has 1 aliphatic heterocycles. The number of nitrogens with two attached hydrogens (primary N) is 1. The van der Waals surface area contributed by atoms with Gasteiger partial charge in [0.25, 0.3) is 0 Å². The van der Waals surface area contributed by atoms with Gasteiger partial charge in [0.1, 0.15) is 12.6 Å². The average molecular weight is 584 g/mol. The number of ether oxygens (including phenoxy) is 2. The molecule has 41 heavy (non-hydrogen) atoms. The summed E-state index contributed by atoms with van der Waals surface area (Å²) in [6, 6.07) is 15.4. The molecule has 9 heteroatoms. The molecule has 2 aromatic rings. The van der Waals surface area contributed by atoms with Crippen molar-refractivity contribution in [3.63, 3.8) is 0 Å². The van der Waals surface area contributed by atoms with E-state index in [-0.39, 0.29) is 24.5 Å². The molecule has 1 unspecified atom stereocenters. The minimum atomic E-state index is -0.898. The topological polar surface area (TPSA) is 111 Å². The number of hydrogen-bond donors (Lipinski definition) is 2. The third-order valence-electron chi connectivity index (χ3n) is 7.21. The fourth-order valence-corrected chi connectivity index (χ4v) is 5.10. The van der Waals surface area contributed by atoms with Gasteiger partial charge < -0.3 is 25.4 Å². The van der Waals surface area contributed by atoms with Gasteiger partial charge in [-0.25, -0.2) is 0 Å². The number of likely N-dealkylation sites (tertiary alicyclic amines) is 1. The second-order valence-electron chi connectivity index (χ2n) is 11.1. The molecule has 0 saturated carbocycles. The van der Waals surface area contributed by atoms with Gasteiger partial charge in [-0.15, -0.1) is 0 Å². The molecule has 3 rings (SSSR count). The average Bonchev–Trinajstić information content (AvgIpc) is 3.41. The number of carbonyl (C=O) groups is 3. The number of carbonyl (C=O) groups excluding carboxylic acids is 3. The number of amides is 2. The van der Waals surface area contributed by atoms with Gasteiger partial charge in [0.2, 0.25) is 11.8 Å². The Morgan fingerprint density at radius 3 is 2.51 bits per heavy atom. The highest BCUT2D eigenvalue weighted by Gasteiger charge is 2.37. The summed E-state index contributed by atoms with van der Waals surface area (Å²) in [4.78, 5) is 39.9. The van der Waals surface area contributed by atoms with E-state index in [1.165, 1.54) is 6.92 Å². The molecule has 8 nitrogen and oxygen atoms in total. The highest BCUT2D eigenvalue weighted by Crippen LogP contribution is 2.29. The maximum absolute atomic E-state index is 13.9. The summed E-state index contributed by atoms with van der Waals surface area (Å²) in [5.74, 6) is -0.992. The van der Waals surface area contributed by atoms with Crippen molar-refractivity contribution in [2.75, 3.05) is 13.2 Å². The second kappa shape index (κ2) is 15.1. The largest absolute Gasteiger partial charge is 0.465 e. The quantitative estimate of drug-likeness (QED) is 0.266. The minimum Gasteiger partial charge on any atom is -0.465 e. The summed E-state index contributed by atoms with van der Waals surface area (Å²) < 4.78 is 11.5. The van der Waals surface area contributed by atoms with E-state index in [2.05, 4.69) is 5.32 Å². The Hall–Kier alpha value is -3.20. The van der Waals surface area contributed by atoms with Crippen LogP contribution in [0.2, 0.25) is 5.02 Å². The van der Waals surface area contributed by atoms with E-state index in [9.17, 15) is 14.4 Å². The molecule has 0 bridgehead atoms. The van der Waals surface area contributed by atoms with Crippen molar-refractivity contribution < 1.29 is 23.9 Å². The lowest BCUT2D eigenvalue weighted by molar-refractivity contribution is -0.143. The molecule has 1 saturated heterocycles. The molecule has 1 heterocycles. The Bertz CT molecular complexity index is 1200. The summed E-state index contributed by atoms with van der Waals surface area (Å²) in [7, 11) is 0. The third kappa shape index (κ3) is 9.99. The van der Waals surface area contributed by atoms with Crippen LogP contribution in [0.5, 0.6) is 0 Å². The van der Waals surface area contributed by atoms with Gasteiger partial charge in [0.05, 0.1) is 24.8 Å². The Kier molecular flexibility index (Phi) is 11.9. The van der Waals surface area contributed by atoms with Crippen LogP contribution in [0.25, 0.3) is 0 Å². The maximum Gasteiger partial charge on any atom is 0.302 e. The van der Waals surface area contributed by atoms with Crippen molar-refractivity contribution in [2.24, 2.45) is 11.1 Å². The highest BCUT2D eigenvalue weighted by atomic mass is 35.5. The van der Waals surface area contributed by atoms with Gasteiger partial charge in [-0.2, -0.15) is 0 Å². The smallest absolute Gasteiger partial charge is 0.302 e. The first-order chi connectivity index (χ1) is 19.5. The molecule has 2 amide bonds. The number of nitrogens with zero attached hydrogens (tertiary/aromatic N) is 1. The molecule has 222 valence electrons. The van der Waals surface area contributed by atoms with Crippen LogP contribution in [0.4, 0.5) is 0 Å². The first kappa shape index (κ1) is 32.3. The number of benzene rings is 2. The van der Waals surface area contributed by atoms with Crippen LogP contribution in [0.1, 0.15) is 51.7 Å². The van der Waals surface area contributed by atoms with E-state index in [0.29, 0.717) is 24.6 Å². The zero-order valence-corrected chi connectivity index (χ0v) is 25.1. The molecule has 0 radical (unpaired) electrons. The van der Waals surface area contributed by atoms with Crippen LogP contribution >= 0.6 is 11.6 Å². The molecule has 0 aromatic heterocycles. The van der Waals surface area contributed by atoms with Crippen LogP contribution in [0, 0.1) is 5.41 Å². The minimum absolute atomic E-state index is 0.184. The van der Waals surface area contributed by atoms with Crippen molar-refractivity contribution in [2.45, 2.75) is 77.8 Å². The number of hydrogen-bond acceptors (Lipinski definition) is 6. The summed E-state index contributed by atoms with van der Waals surface area (Å²) in [5.41, 5.74) is 7.27. The number of rotatable bonds is 13. The number of nitrogens with one attached hydrogen (secondary N) is 1. The van der Waals surface area contributed by atoms with Gasteiger partial charge in [-0.1, -0.05) is 73.1 Å². The Labute approximate surface area is 248 Å². The second-order valence-corrected chi connectivity index (χ2v) is 11.6. The van der Waals surface area contributed by atoms with Gasteiger partial charge >= 0.3 is 5.97 Å². The number of halogens is 1. The normalized spacial score (nSPS) is 18.9. The standard InChI is InChI=1S/C32H42ClN3O5/c1-22(34)30(38)35-29(23(2)40-20-25-10-6-5-7-11-25)31(39)36-17-9-14-28(36)15-16-32(4,21-41-24(3)37)19-26-12-8-13-27(33)18-26/h5-8,10-13,15-16,18,22-23,28-29H,9,14,17,19-21,34H2,1-4H3,(H,35,38)/t22-,23?,28-,29-,32-/m0/s1. The first-order valence-corrected chi connectivity index (χ1v) is 14.4. The van der Waals surface area contributed by atoms with Crippen molar-refractivity contribution >= 4 is 29.4 Å². The molecule has 3 N–H and O–H groups in total. The van der Waals surface area contributed by atoms with Crippen LogP contribution in [-0.2, 0) is 36.9 Å². The Morgan fingerprint density at radius 1 is 1.15 bits per heavy atom. The molecule has 0 aliphatic carbocycles. The van der Waals surface area contributed by atoms with E-state index >= 15 is 0 Å². The van der Waals surface area contributed by atoms with E-state index < -0.39 is 29.5 Å². The molecular formula is C32H42ClN3O5. The summed E-state index contributed by atoms with van der Waals surface area (Å²) in [6.45, 7) is 7.81. The SMILES string of the molecule is CC(=O)OC[C@@](C)(C=C[C@@H]1CCCN1C(=O)[C@@H](NC(=O)[C@H](C)N)C(C)OCc1ccccc1)Cc1cccc(Cl)c1. The van der Waals surface area contributed by atoms with Gasteiger partial charge in [-0.05, 0) is 56.4 Å². The van der Waals surface area contributed by atoms with Crippen molar-refractivity contribution in [1.82, 2.24) is 10.2 Å². The van der Waals surface area contributed by atoms with Crippen LogP contribution in [-0.4, -0.2) is 60.1 Å². The predicted molar refractivity (Wildman–Crippen MR) is 160 cm³/mol. The van der Waals surface area contributed by atoms with Gasteiger partial charge in [0, 0.05) is 23.9 Å². The molecule has 1 aliphatic rings. The summed E-state index contributed by atoms with van der Waals surface area (Å²) in [5, 5.41) is 3.46. The van der Waals surface area contributed by atoms with Crippen LogP contribution < -0.4 is 11.1 Å². The lowest BCUT2D eigenvalue weighted by Crippen LogP contribution is -2.57. The van der Waals surface area contributed by atoms with E-state index in [1.807, 2.05) is 73.7 Å². The van der Waals surface area contributed by atoms with Gasteiger partial charge in [-0.3, -0.25) is 14.4 Å². The predicted octanol–water partition coefficient (Wildman–Crippen LogP) is 4.44. The van der Waals surface area contributed by atoms with Crippen molar-refractivity contribution in [3.05, 3.63) is 82.9 Å². The fourth-order valence-electron chi connectivity index (χ4n) is 4.89.